The van der Waals surface area contributed by atoms with E-state index in [2.05, 4.69) is 15.3 Å². The van der Waals surface area contributed by atoms with Crippen LogP contribution in [0.15, 0.2) is 39.9 Å². The third kappa shape index (κ3) is 3.02. The summed E-state index contributed by atoms with van der Waals surface area (Å²) in [5.41, 5.74) is 1.44. The Kier molecular flexibility index (Phi) is 4.24. The van der Waals surface area contributed by atoms with Crippen LogP contribution in [-0.4, -0.2) is 40.8 Å². The highest BCUT2D eigenvalue weighted by Gasteiger charge is 2.35. The number of aliphatic carboxylic acids is 1. The molecule has 3 heterocycles. The number of aromatic amines is 1. The molecule has 1 aliphatic carbocycles. The molecule has 1 saturated carbocycles. The van der Waals surface area contributed by atoms with Crippen molar-refractivity contribution in [3.63, 3.8) is 0 Å². The summed E-state index contributed by atoms with van der Waals surface area (Å²) in [5, 5.41) is 13.3. The zero-order chi connectivity index (χ0) is 21.9. The molecule has 10 heteroatoms. The number of para-hydroxylation sites is 1. The molecule has 1 fully saturated rings. The van der Waals surface area contributed by atoms with Gasteiger partial charge in [0.1, 0.15) is 0 Å². The quantitative estimate of drug-likeness (QED) is 0.444. The van der Waals surface area contributed by atoms with Crippen molar-refractivity contribution in [1.29, 1.82) is 0 Å². The van der Waals surface area contributed by atoms with Crippen molar-refractivity contribution in [1.82, 2.24) is 23.7 Å². The molecule has 0 unspecified atom stereocenters. The number of benzene rings is 1. The SMILES string of the molecule is Cn1c(N[C@H]2C[C@H](C(=O)O)C2)nc2c1c(=O)n(Cc1cc3ccccc3[nH]1)c(=O)n2C. The Morgan fingerprint density at radius 3 is 2.68 bits per heavy atom. The van der Waals surface area contributed by atoms with E-state index in [0.29, 0.717) is 30.0 Å². The van der Waals surface area contributed by atoms with Gasteiger partial charge in [-0.15, -0.1) is 0 Å². The molecule has 3 N–H and O–H groups in total. The number of anilines is 1. The molecule has 1 aromatic carbocycles. The van der Waals surface area contributed by atoms with E-state index in [4.69, 9.17) is 5.11 Å². The van der Waals surface area contributed by atoms with Gasteiger partial charge in [0.05, 0.1) is 12.5 Å². The van der Waals surface area contributed by atoms with Crippen molar-refractivity contribution >= 4 is 34.0 Å². The molecule has 0 atom stereocenters. The Labute approximate surface area is 175 Å². The summed E-state index contributed by atoms with van der Waals surface area (Å²) in [6.45, 7) is 0.118. The molecule has 1 aliphatic rings. The lowest BCUT2D eigenvalue weighted by atomic mass is 9.80. The fourth-order valence-corrected chi connectivity index (χ4v) is 4.22. The molecule has 4 aromatic rings. The average Bonchev–Trinajstić information content (AvgIpc) is 3.26. The van der Waals surface area contributed by atoms with E-state index in [-0.39, 0.29) is 18.5 Å². The number of imidazole rings is 1. The van der Waals surface area contributed by atoms with Gasteiger partial charge in [-0.2, -0.15) is 4.98 Å². The molecule has 0 saturated heterocycles. The maximum atomic E-state index is 13.2. The number of carbonyl (C=O) groups is 1. The number of hydrogen-bond acceptors (Lipinski definition) is 5. The molecule has 0 bridgehead atoms. The minimum absolute atomic E-state index is 0.0257. The Morgan fingerprint density at radius 1 is 1.23 bits per heavy atom. The molecule has 10 nitrogen and oxygen atoms in total. The average molecular weight is 422 g/mol. The highest BCUT2D eigenvalue weighted by Crippen LogP contribution is 2.30. The zero-order valence-corrected chi connectivity index (χ0v) is 17.1. The molecule has 0 aliphatic heterocycles. The molecule has 160 valence electrons. The lowest BCUT2D eigenvalue weighted by Gasteiger charge is -2.33. The van der Waals surface area contributed by atoms with Crippen molar-refractivity contribution in [3.8, 4) is 0 Å². The molecule has 5 rings (SSSR count). The third-order valence-electron chi connectivity index (χ3n) is 6.09. The van der Waals surface area contributed by atoms with E-state index in [9.17, 15) is 14.4 Å². The van der Waals surface area contributed by atoms with Gasteiger partial charge in [0.15, 0.2) is 11.2 Å². The smallest absolute Gasteiger partial charge is 0.332 e. The predicted molar refractivity (Wildman–Crippen MR) is 115 cm³/mol. The van der Waals surface area contributed by atoms with Crippen molar-refractivity contribution in [2.45, 2.75) is 25.4 Å². The first-order valence-corrected chi connectivity index (χ1v) is 10.1. The summed E-state index contributed by atoms with van der Waals surface area (Å²) >= 11 is 0. The van der Waals surface area contributed by atoms with Crippen LogP contribution in [0.25, 0.3) is 22.1 Å². The van der Waals surface area contributed by atoms with Crippen LogP contribution in [-0.2, 0) is 25.4 Å². The maximum absolute atomic E-state index is 13.2. The molecule has 31 heavy (non-hydrogen) atoms. The third-order valence-corrected chi connectivity index (χ3v) is 6.09. The van der Waals surface area contributed by atoms with Gasteiger partial charge in [0.2, 0.25) is 5.95 Å². The van der Waals surface area contributed by atoms with Gasteiger partial charge in [-0.25, -0.2) is 4.79 Å². The fraction of sp³-hybridized carbons (Fsp3) is 0.333. The minimum Gasteiger partial charge on any atom is -0.481 e. The minimum atomic E-state index is -0.801. The summed E-state index contributed by atoms with van der Waals surface area (Å²) in [6.07, 6.45) is 1.00. The van der Waals surface area contributed by atoms with E-state index in [0.717, 1.165) is 16.6 Å². The Hall–Kier alpha value is -3.82. The summed E-state index contributed by atoms with van der Waals surface area (Å²) in [6, 6.07) is 9.66. The molecular weight excluding hydrogens is 400 g/mol. The van der Waals surface area contributed by atoms with Crippen molar-refractivity contribution in [3.05, 3.63) is 56.9 Å². The molecule has 0 radical (unpaired) electrons. The van der Waals surface area contributed by atoms with Gasteiger partial charge in [0, 0.05) is 31.3 Å². The topological polar surface area (TPSA) is 127 Å². The highest BCUT2D eigenvalue weighted by molar-refractivity contribution is 5.80. The maximum Gasteiger partial charge on any atom is 0.332 e. The molecule has 3 aromatic heterocycles. The van der Waals surface area contributed by atoms with Crippen molar-refractivity contribution < 1.29 is 9.90 Å². The Bertz CT molecular complexity index is 1420. The first kappa shape index (κ1) is 19.2. The highest BCUT2D eigenvalue weighted by atomic mass is 16.4. The van der Waals surface area contributed by atoms with Crippen LogP contribution < -0.4 is 16.6 Å². The normalized spacial score (nSPS) is 18.4. The van der Waals surface area contributed by atoms with E-state index in [1.54, 1.807) is 18.7 Å². The monoisotopic (exact) mass is 422 g/mol. The summed E-state index contributed by atoms with van der Waals surface area (Å²) in [5.74, 6) is -0.713. The first-order chi connectivity index (χ1) is 14.8. The number of carboxylic acid groups (broad SMARTS) is 1. The lowest BCUT2D eigenvalue weighted by molar-refractivity contribution is -0.144. The molecule has 0 spiro atoms. The fourth-order valence-electron chi connectivity index (χ4n) is 4.22. The van der Waals surface area contributed by atoms with Crippen LogP contribution in [0.5, 0.6) is 0 Å². The van der Waals surface area contributed by atoms with Crippen molar-refractivity contribution in [2.24, 2.45) is 20.0 Å². The van der Waals surface area contributed by atoms with Gasteiger partial charge in [-0.3, -0.25) is 18.7 Å². The van der Waals surface area contributed by atoms with Crippen molar-refractivity contribution in [2.75, 3.05) is 5.32 Å². The van der Waals surface area contributed by atoms with E-state index < -0.39 is 17.2 Å². The number of nitrogens with zero attached hydrogens (tertiary/aromatic N) is 4. The van der Waals surface area contributed by atoms with E-state index >= 15 is 0 Å². The first-order valence-electron chi connectivity index (χ1n) is 10.1. The van der Waals surface area contributed by atoms with E-state index in [1.165, 1.54) is 9.13 Å². The standard InChI is InChI=1S/C21H22N6O4/c1-25-16-17(24-20(25)23-13-8-12(9-13)19(29)30)26(2)21(31)27(18(16)28)10-14-7-11-5-3-4-6-15(11)22-14/h3-7,12-13,22H,8-10H2,1-2H3,(H,23,24)(H,29,30)/t12-,13-. The van der Waals surface area contributed by atoms with Crippen LogP contribution in [0.4, 0.5) is 5.95 Å². The number of hydrogen-bond donors (Lipinski definition) is 3. The van der Waals surface area contributed by atoms with Crippen LogP contribution in [0, 0.1) is 5.92 Å². The second-order valence-corrected chi connectivity index (χ2v) is 8.13. The summed E-state index contributed by atoms with van der Waals surface area (Å²) in [7, 11) is 3.30. The predicted octanol–water partition coefficient (Wildman–Crippen LogP) is 1.24. The lowest BCUT2D eigenvalue weighted by Crippen LogP contribution is -2.40. The van der Waals surface area contributed by atoms with Crippen LogP contribution >= 0.6 is 0 Å². The number of rotatable bonds is 5. The number of aryl methyl sites for hydroxylation is 2. The van der Waals surface area contributed by atoms with Crippen LogP contribution in [0.3, 0.4) is 0 Å². The van der Waals surface area contributed by atoms with Gasteiger partial charge >= 0.3 is 11.7 Å². The van der Waals surface area contributed by atoms with Gasteiger partial charge in [-0.05, 0) is 30.4 Å². The Morgan fingerprint density at radius 2 is 1.97 bits per heavy atom. The number of fused-ring (bicyclic) bond motifs is 2. The van der Waals surface area contributed by atoms with Crippen LogP contribution in [0.1, 0.15) is 18.5 Å². The molecular formula is C21H22N6O4. The number of aromatic nitrogens is 5. The van der Waals surface area contributed by atoms with Gasteiger partial charge in [-0.1, -0.05) is 18.2 Å². The van der Waals surface area contributed by atoms with Gasteiger partial charge < -0.3 is 20.0 Å². The largest absolute Gasteiger partial charge is 0.481 e. The molecule has 0 amide bonds. The second-order valence-electron chi connectivity index (χ2n) is 8.13. The summed E-state index contributed by atoms with van der Waals surface area (Å²) < 4.78 is 4.20. The van der Waals surface area contributed by atoms with Gasteiger partial charge in [0.25, 0.3) is 5.56 Å². The number of H-pyrrole nitrogens is 1. The number of carboxylic acids is 1. The van der Waals surface area contributed by atoms with E-state index in [1.807, 2.05) is 30.3 Å². The Balaban J connectivity index is 1.53. The number of nitrogens with one attached hydrogen (secondary N) is 2. The second kappa shape index (κ2) is 6.86. The zero-order valence-electron chi connectivity index (χ0n) is 17.1. The van der Waals surface area contributed by atoms with Crippen LogP contribution in [0.2, 0.25) is 0 Å². The summed E-state index contributed by atoms with van der Waals surface area (Å²) in [4.78, 5) is 44.9.